The third-order valence-electron chi connectivity index (χ3n) is 0.0913. The van der Waals surface area contributed by atoms with E-state index >= 15 is 0 Å². The van der Waals surface area contributed by atoms with E-state index in [0.717, 1.165) is 0 Å². The van der Waals surface area contributed by atoms with E-state index in [0.29, 0.717) is 0 Å². The van der Waals surface area contributed by atoms with E-state index in [4.69, 9.17) is 4.79 Å². The predicted molar refractivity (Wildman–Crippen MR) is 14.0 cm³/mol. The summed E-state index contributed by atoms with van der Waals surface area (Å²) in [7, 11) is 1.38. The van der Waals surface area contributed by atoms with Crippen LogP contribution in [0.15, 0.2) is 4.99 Å². The maximum Gasteiger partial charge on any atom is 0.234 e. The van der Waals surface area contributed by atoms with Crippen molar-refractivity contribution < 1.29 is 4.79 Å². The van der Waals surface area contributed by atoms with Gasteiger partial charge in [-0.3, -0.25) is 0 Å². The molecule has 0 heterocycles. The van der Waals surface area contributed by atoms with Crippen molar-refractivity contribution in [3.05, 3.63) is 0 Å². The van der Waals surface area contributed by atoms with Crippen LogP contribution in [-0.2, 0) is 4.79 Å². The normalized spacial score (nSPS) is 4.25. The number of isocyanates is 1. The maximum absolute atomic E-state index is 8.88. The van der Waals surface area contributed by atoms with Crippen LogP contribution in [0.25, 0.3) is 0 Å². The summed E-state index contributed by atoms with van der Waals surface area (Å²) in [4.78, 5) is 11.8. The number of hydrogen-bond donors (Lipinski definition) is 0. The van der Waals surface area contributed by atoms with Crippen LogP contribution in [0.3, 0.4) is 0 Å². The zero-order chi connectivity index (χ0) is 3.41. The van der Waals surface area contributed by atoms with E-state index in [1.807, 2.05) is 0 Å². The minimum Gasteiger partial charge on any atom is -0.211 e. The van der Waals surface area contributed by atoms with E-state index in [2.05, 4.69) is 4.99 Å². The molecule has 0 radical (unpaired) electrons. The molecular weight excluding hydrogens is 53.0 g/mol. The van der Waals surface area contributed by atoms with Crippen molar-refractivity contribution >= 4 is 6.08 Å². The fraction of sp³-hybridized carbons (Fsp3) is 0.500. The zero-order valence-corrected chi connectivity index (χ0v) is 2.36. The van der Waals surface area contributed by atoms with Gasteiger partial charge in [-0.25, -0.2) is 9.79 Å². The van der Waals surface area contributed by atoms with Crippen LogP contribution in [0, 0.1) is 0 Å². The highest BCUT2D eigenvalue weighted by Crippen LogP contribution is 1.28. The van der Waals surface area contributed by atoms with Gasteiger partial charge in [0.2, 0.25) is 6.08 Å². The van der Waals surface area contributed by atoms with E-state index in [9.17, 15) is 0 Å². The van der Waals surface area contributed by atoms with Crippen LogP contribution >= 0.6 is 0 Å². The van der Waals surface area contributed by atoms with Crippen molar-refractivity contribution in [3.63, 3.8) is 0 Å². The molecule has 0 N–H and O–H groups in total. The van der Waals surface area contributed by atoms with E-state index in [-0.39, 0.29) is 0 Å². The van der Waals surface area contributed by atoms with Gasteiger partial charge in [-0.05, 0) is 0 Å². The lowest BCUT2D eigenvalue weighted by Crippen LogP contribution is -1.38. The Morgan fingerprint density at radius 3 is 2.25 bits per heavy atom. The Labute approximate surface area is 24.2 Å². The zero-order valence-electron chi connectivity index (χ0n) is 2.36. The Morgan fingerprint density at radius 2 is 2.25 bits per heavy atom. The number of rotatable bonds is 0. The van der Waals surface area contributed by atoms with Gasteiger partial charge in [0.1, 0.15) is 0 Å². The Balaban J connectivity index is 3.11. The maximum atomic E-state index is 8.88. The molecule has 4 heavy (non-hydrogen) atoms. The fourth-order valence-electron chi connectivity index (χ4n) is 0. The van der Waals surface area contributed by atoms with Crippen molar-refractivity contribution in [2.24, 2.45) is 4.99 Å². The largest absolute Gasteiger partial charge is 0.234 e. The summed E-state index contributed by atoms with van der Waals surface area (Å²) in [6, 6.07) is 0. The van der Waals surface area contributed by atoms with Crippen molar-refractivity contribution in [1.29, 1.82) is 0 Å². The minimum atomic E-state index is 1.31. The molecule has 0 fully saturated rings. The number of carbonyl (C=O) groups excluding carboxylic acids is 1. The molecule has 0 aliphatic rings. The third kappa shape index (κ3) is 1.38. The van der Waals surface area contributed by atoms with Gasteiger partial charge >= 0.3 is 0 Å². The second-order valence-electron chi connectivity index (χ2n) is 0.315. The first-order valence-corrected chi connectivity index (χ1v) is 0.875. The topological polar surface area (TPSA) is 29.4 Å². The highest BCUT2D eigenvalue weighted by Gasteiger charge is 1.29. The van der Waals surface area contributed by atoms with Gasteiger partial charge in [0, 0.05) is 7.05 Å². The monoisotopic (exact) mass is 56.0 g/mol. The first-order valence-electron chi connectivity index (χ1n) is 0.875. The smallest absolute Gasteiger partial charge is 0.211 e. The number of nitrogens with zero attached hydrogens (tertiary/aromatic N) is 1. The second-order valence-corrected chi connectivity index (χ2v) is 0.315. The van der Waals surface area contributed by atoms with Crippen LogP contribution in [0.1, 0.15) is 0 Å². The Morgan fingerprint density at radius 1 is 2.00 bits per heavy atom. The number of hydrogen-bond acceptors (Lipinski definition) is 2. The molecule has 0 aromatic carbocycles. The summed E-state index contributed by atoms with van der Waals surface area (Å²) in [6.45, 7) is 0. The summed E-state index contributed by atoms with van der Waals surface area (Å²) in [6.07, 6.45) is 1.31. The third-order valence-corrected chi connectivity index (χ3v) is 0.0913. The summed E-state index contributed by atoms with van der Waals surface area (Å²) >= 11 is 0. The first-order chi connectivity index (χ1) is 1.91. The molecule has 0 saturated carbocycles. The summed E-state index contributed by atoms with van der Waals surface area (Å²) in [5.41, 5.74) is 0. The quantitative estimate of drug-likeness (QED) is 0.282. The van der Waals surface area contributed by atoms with Gasteiger partial charge in [-0.1, -0.05) is 0 Å². The van der Waals surface area contributed by atoms with Crippen LogP contribution in [-0.4, -0.2) is 13.1 Å². The lowest BCUT2D eigenvalue weighted by atomic mass is 10.7. The molecule has 0 aromatic rings. The highest BCUT2D eigenvalue weighted by molar-refractivity contribution is 5.32. The Hall–Kier alpha value is -0.620. The standard InChI is InChI=1S/C2H3NO/c1-3-2-4/h1H3/i1-1. The van der Waals surface area contributed by atoms with Gasteiger partial charge in [-0.15, -0.1) is 0 Å². The summed E-state index contributed by atoms with van der Waals surface area (Å²) in [5, 5.41) is 0. The lowest BCUT2D eigenvalue weighted by molar-refractivity contribution is 0.564. The molecule has 0 bridgehead atoms. The molecule has 0 amide bonds. The van der Waals surface area contributed by atoms with Crippen LogP contribution in [0.2, 0.25) is 0 Å². The highest BCUT2D eigenvalue weighted by atomic mass is 16.1. The van der Waals surface area contributed by atoms with E-state index in [1.165, 1.54) is 13.1 Å². The molecule has 0 unspecified atom stereocenters. The SMILES string of the molecule is [11CH3]N=C=O. The second kappa shape index (κ2) is 2.38. The average Bonchev–Trinajstić information content (AvgIpc) is 1.37. The summed E-state index contributed by atoms with van der Waals surface area (Å²) < 4.78 is 0. The molecule has 0 spiro atoms. The molecular formula is C2H3NO. The Bertz CT molecular complexity index is 44.0. The molecule has 22 valence electrons. The van der Waals surface area contributed by atoms with E-state index in [1.54, 1.807) is 0 Å². The van der Waals surface area contributed by atoms with E-state index < -0.39 is 0 Å². The van der Waals surface area contributed by atoms with Crippen molar-refractivity contribution in [3.8, 4) is 0 Å². The van der Waals surface area contributed by atoms with Crippen molar-refractivity contribution in [2.45, 2.75) is 0 Å². The molecule has 0 rings (SSSR count). The molecule has 2 heteroatoms. The van der Waals surface area contributed by atoms with Gasteiger partial charge in [0.05, 0.1) is 0 Å². The van der Waals surface area contributed by atoms with Crippen LogP contribution < -0.4 is 0 Å². The number of aliphatic imine (C=N–C) groups is 1. The fourth-order valence-corrected chi connectivity index (χ4v) is 0. The van der Waals surface area contributed by atoms with Crippen LogP contribution in [0.5, 0.6) is 0 Å². The van der Waals surface area contributed by atoms with Gasteiger partial charge in [0.15, 0.2) is 0 Å². The van der Waals surface area contributed by atoms with Gasteiger partial charge in [0.25, 0.3) is 0 Å². The van der Waals surface area contributed by atoms with Crippen molar-refractivity contribution in [2.75, 3.05) is 7.05 Å². The average molecular weight is 56.1 g/mol. The molecule has 0 aliphatic carbocycles. The van der Waals surface area contributed by atoms with Crippen LogP contribution in [0.4, 0.5) is 0 Å². The molecule has 0 aliphatic heterocycles. The summed E-state index contributed by atoms with van der Waals surface area (Å²) in [5.74, 6) is 0. The molecule has 0 atom stereocenters. The molecule has 0 saturated heterocycles. The lowest BCUT2D eigenvalue weighted by Gasteiger charge is -1.36. The van der Waals surface area contributed by atoms with Crippen molar-refractivity contribution in [1.82, 2.24) is 0 Å². The van der Waals surface area contributed by atoms with Gasteiger partial charge < -0.3 is 0 Å². The minimum absolute atomic E-state index is 1.31. The predicted octanol–water partition coefficient (Wildman–Crippen LogP) is -0.0480. The first kappa shape index (κ1) is 3.38. The van der Waals surface area contributed by atoms with Gasteiger partial charge in [-0.2, -0.15) is 0 Å². The molecule has 2 nitrogen and oxygen atoms in total. The Kier molecular flexibility index (Phi) is 2.01. The molecule has 0 aromatic heterocycles.